The molecule has 2 aliphatic rings. The van der Waals surface area contributed by atoms with Gasteiger partial charge in [-0.15, -0.1) is 0 Å². The number of para-hydroxylation sites is 1. The lowest BCUT2D eigenvalue weighted by Gasteiger charge is -2.40. The highest BCUT2D eigenvalue weighted by molar-refractivity contribution is 5.84. The molecule has 134 valence electrons. The topological polar surface area (TPSA) is 95.9 Å². The first kappa shape index (κ1) is 17.3. The highest BCUT2D eigenvalue weighted by atomic mass is 16.5. The van der Waals surface area contributed by atoms with Gasteiger partial charge in [0.1, 0.15) is 5.75 Å². The van der Waals surface area contributed by atoms with Gasteiger partial charge in [0.15, 0.2) is 0 Å². The predicted octanol–water partition coefficient (Wildman–Crippen LogP) is 1.04. The van der Waals surface area contributed by atoms with E-state index >= 15 is 0 Å². The molecule has 7 heteroatoms. The maximum Gasteiger partial charge on any atom is 0.348 e. The maximum absolute atomic E-state index is 12.6. The van der Waals surface area contributed by atoms with Gasteiger partial charge in [0, 0.05) is 38.9 Å². The van der Waals surface area contributed by atoms with E-state index in [9.17, 15) is 19.5 Å². The van der Waals surface area contributed by atoms with Crippen LogP contribution in [0, 0.1) is 5.92 Å². The summed E-state index contributed by atoms with van der Waals surface area (Å²) < 4.78 is 5.80. The number of piperidine rings is 2. The summed E-state index contributed by atoms with van der Waals surface area (Å²) in [6, 6.07) is 8.88. The highest BCUT2D eigenvalue weighted by Gasteiger charge is 2.45. The van der Waals surface area contributed by atoms with Crippen molar-refractivity contribution in [2.24, 2.45) is 5.92 Å². The van der Waals surface area contributed by atoms with Crippen LogP contribution in [0.2, 0.25) is 0 Å². The van der Waals surface area contributed by atoms with Gasteiger partial charge < -0.3 is 20.1 Å². The molecule has 25 heavy (non-hydrogen) atoms. The largest absolute Gasteiger partial charge is 0.478 e. The van der Waals surface area contributed by atoms with E-state index in [1.807, 2.05) is 6.07 Å². The number of carbonyl (C=O) groups is 3. The zero-order chi connectivity index (χ0) is 17.9. The van der Waals surface area contributed by atoms with Crippen LogP contribution in [0.1, 0.15) is 25.7 Å². The fourth-order valence-electron chi connectivity index (χ4n) is 3.36. The smallest absolute Gasteiger partial charge is 0.348 e. The van der Waals surface area contributed by atoms with E-state index in [1.165, 1.54) is 0 Å². The Balaban J connectivity index is 1.63. The average Bonchev–Trinajstić information content (AvgIpc) is 2.63. The lowest BCUT2D eigenvalue weighted by Crippen LogP contribution is -2.56. The van der Waals surface area contributed by atoms with Crippen LogP contribution in [0.25, 0.3) is 0 Å². The zero-order valence-corrected chi connectivity index (χ0v) is 13.9. The summed E-state index contributed by atoms with van der Waals surface area (Å²) in [6.45, 7) is 1.03. The number of carboxylic acids is 1. The lowest BCUT2D eigenvalue weighted by molar-refractivity contribution is -0.162. The van der Waals surface area contributed by atoms with E-state index < -0.39 is 11.6 Å². The van der Waals surface area contributed by atoms with Crippen LogP contribution in [-0.4, -0.2) is 53.0 Å². The summed E-state index contributed by atoms with van der Waals surface area (Å²) in [7, 11) is 0. The van der Waals surface area contributed by atoms with Crippen LogP contribution in [0.5, 0.6) is 5.75 Å². The summed E-state index contributed by atoms with van der Waals surface area (Å²) >= 11 is 0. The molecule has 1 atom stereocenters. The number of hydrogen-bond acceptors (Lipinski definition) is 4. The van der Waals surface area contributed by atoms with Crippen LogP contribution in [0.3, 0.4) is 0 Å². The number of nitrogens with one attached hydrogen (secondary N) is 1. The Morgan fingerprint density at radius 3 is 2.44 bits per heavy atom. The second kappa shape index (κ2) is 7.13. The molecule has 0 spiro atoms. The first-order valence-electron chi connectivity index (χ1n) is 8.53. The molecule has 0 aliphatic carbocycles. The molecule has 1 aromatic rings. The minimum absolute atomic E-state index is 0.0151. The van der Waals surface area contributed by atoms with Crippen molar-refractivity contribution in [2.75, 3.05) is 19.6 Å². The molecule has 2 N–H and O–H groups in total. The molecule has 0 saturated carbocycles. The normalized spacial score (nSPS) is 22.8. The Morgan fingerprint density at radius 1 is 1.20 bits per heavy atom. The Hall–Kier alpha value is -2.57. The third-order valence-electron chi connectivity index (χ3n) is 4.94. The summed E-state index contributed by atoms with van der Waals surface area (Å²) in [5, 5.41) is 12.4. The SMILES string of the molecule is O=C1CCC(C(=O)N2CCC(Oc3ccccc3)(C(=O)O)CC2)CN1. The monoisotopic (exact) mass is 346 g/mol. The molecule has 3 rings (SSSR count). The number of carboxylic acid groups (broad SMARTS) is 1. The summed E-state index contributed by atoms with van der Waals surface area (Å²) in [6.07, 6.45) is 1.39. The van der Waals surface area contributed by atoms with E-state index in [4.69, 9.17) is 4.74 Å². The number of amides is 2. The Labute approximate surface area is 146 Å². The molecular formula is C18H22N2O5. The summed E-state index contributed by atoms with van der Waals surface area (Å²) in [5.74, 6) is -0.749. The number of hydrogen-bond donors (Lipinski definition) is 2. The van der Waals surface area contributed by atoms with Gasteiger partial charge in [0.05, 0.1) is 5.92 Å². The highest BCUT2D eigenvalue weighted by Crippen LogP contribution is 2.30. The molecule has 2 aliphatic heterocycles. The second-order valence-corrected chi connectivity index (χ2v) is 6.58. The minimum Gasteiger partial charge on any atom is -0.478 e. The first-order chi connectivity index (χ1) is 12.0. The maximum atomic E-state index is 12.6. The Kier molecular flexibility index (Phi) is 4.92. The van der Waals surface area contributed by atoms with Crippen molar-refractivity contribution >= 4 is 17.8 Å². The van der Waals surface area contributed by atoms with E-state index in [-0.39, 0.29) is 30.6 Å². The molecule has 2 amide bonds. The van der Waals surface area contributed by atoms with Gasteiger partial charge in [-0.1, -0.05) is 18.2 Å². The Bertz CT molecular complexity index is 643. The predicted molar refractivity (Wildman–Crippen MR) is 89.0 cm³/mol. The number of carbonyl (C=O) groups excluding carboxylic acids is 2. The lowest BCUT2D eigenvalue weighted by atomic mass is 9.89. The molecule has 7 nitrogen and oxygen atoms in total. The molecule has 2 fully saturated rings. The van der Waals surface area contributed by atoms with Gasteiger partial charge in [-0.2, -0.15) is 0 Å². The van der Waals surface area contributed by atoms with Crippen molar-refractivity contribution < 1.29 is 24.2 Å². The average molecular weight is 346 g/mol. The number of aliphatic carboxylic acids is 1. The zero-order valence-electron chi connectivity index (χ0n) is 13.9. The van der Waals surface area contributed by atoms with Crippen LogP contribution in [0.15, 0.2) is 30.3 Å². The molecular weight excluding hydrogens is 324 g/mol. The standard InChI is InChI=1S/C18H22N2O5/c21-15-7-6-13(12-19-15)16(22)20-10-8-18(9-11-20,17(23)24)25-14-4-2-1-3-5-14/h1-5,13H,6-12H2,(H,19,21)(H,23,24). The van der Waals surface area contributed by atoms with Crippen molar-refractivity contribution in [3.8, 4) is 5.75 Å². The van der Waals surface area contributed by atoms with Gasteiger partial charge in [0.2, 0.25) is 17.4 Å². The molecule has 2 heterocycles. The molecule has 1 aromatic carbocycles. The first-order valence-corrected chi connectivity index (χ1v) is 8.53. The summed E-state index contributed by atoms with van der Waals surface area (Å²) in [4.78, 5) is 37.3. The van der Waals surface area contributed by atoms with Crippen molar-refractivity contribution in [1.29, 1.82) is 0 Å². The number of ether oxygens (including phenoxy) is 1. The number of nitrogens with zero attached hydrogens (tertiary/aromatic N) is 1. The fourth-order valence-corrected chi connectivity index (χ4v) is 3.36. The van der Waals surface area contributed by atoms with Crippen LogP contribution in [0.4, 0.5) is 0 Å². The van der Waals surface area contributed by atoms with Crippen molar-refractivity contribution in [3.63, 3.8) is 0 Å². The number of rotatable bonds is 4. The molecule has 0 radical (unpaired) electrons. The van der Waals surface area contributed by atoms with Crippen molar-refractivity contribution in [1.82, 2.24) is 10.2 Å². The van der Waals surface area contributed by atoms with Crippen molar-refractivity contribution in [3.05, 3.63) is 30.3 Å². The van der Waals surface area contributed by atoms with E-state index in [2.05, 4.69) is 5.32 Å². The van der Waals surface area contributed by atoms with E-state index in [0.717, 1.165) is 0 Å². The van der Waals surface area contributed by atoms with Gasteiger partial charge in [-0.25, -0.2) is 4.79 Å². The third kappa shape index (κ3) is 3.75. The van der Waals surface area contributed by atoms with Crippen LogP contribution >= 0.6 is 0 Å². The van der Waals surface area contributed by atoms with Crippen LogP contribution < -0.4 is 10.1 Å². The van der Waals surface area contributed by atoms with E-state index in [0.29, 0.717) is 38.2 Å². The number of likely N-dealkylation sites (tertiary alicyclic amines) is 1. The van der Waals surface area contributed by atoms with Gasteiger partial charge in [-0.3, -0.25) is 9.59 Å². The third-order valence-corrected chi connectivity index (χ3v) is 4.94. The molecule has 0 bridgehead atoms. The molecule has 1 unspecified atom stereocenters. The van der Waals surface area contributed by atoms with Gasteiger partial charge >= 0.3 is 5.97 Å². The fraction of sp³-hybridized carbons (Fsp3) is 0.500. The van der Waals surface area contributed by atoms with E-state index in [1.54, 1.807) is 29.2 Å². The summed E-state index contributed by atoms with van der Waals surface area (Å²) in [5.41, 5.74) is -1.31. The number of benzene rings is 1. The quantitative estimate of drug-likeness (QED) is 0.849. The van der Waals surface area contributed by atoms with Gasteiger partial charge in [0.25, 0.3) is 0 Å². The van der Waals surface area contributed by atoms with Crippen LogP contribution in [-0.2, 0) is 14.4 Å². The minimum atomic E-state index is -1.31. The molecule has 2 saturated heterocycles. The molecule has 0 aromatic heterocycles. The van der Waals surface area contributed by atoms with Gasteiger partial charge in [-0.05, 0) is 18.6 Å². The second-order valence-electron chi connectivity index (χ2n) is 6.58. The van der Waals surface area contributed by atoms with Crippen molar-refractivity contribution in [2.45, 2.75) is 31.3 Å². The Morgan fingerprint density at radius 2 is 1.88 bits per heavy atom.